The van der Waals surface area contributed by atoms with Gasteiger partial charge in [0.15, 0.2) is 0 Å². The fourth-order valence-electron chi connectivity index (χ4n) is 5.25. The highest BCUT2D eigenvalue weighted by molar-refractivity contribution is 7.45. The second-order valence-corrected chi connectivity index (χ2v) is 16.7. The predicted octanol–water partition coefficient (Wildman–Crippen LogP) is 12.4. The van der Waals surface area contributed by atoms with E-state index in [0.717, 1.165) is 70.6 Å². The molecule has 0 aliphatic carbocycles. The number of phosphoric acid groups is 1. The molecule has 0 spiro atoms. The number of likely N-dealkylation sites (N-methyl/N-ethyl adjacent to an activating group) is 1. The Bertz CT molecular complexity index is 1230. The van der Waals surface area contributed by atoms with E-state index >= 15 is 0 Å². The lowest BCUT2D eigenvalue weighted by molar-refractivity contribution is -0.870. The molecule has 0 aromatic carbocycles. The van der Waals surface area contributed by atoms with Gasteiger partial charge in [-0.05, 0) is 83.5 Å². The van der Waals surface area contributed by atoms with Gasteiger partial charge in [0.25, 0.3) is 7.82 Å². The van der Waals surface area contributed by atoms with Crippen molar-refractivity contribution in [2.45, 2.75) is 148 Å². The second kappa shape index (κ2) is 40.2. The summed E-state index contributed by atoms with van der Waals surface area (Å²) in [4.78, 5) is 25.0. The van der Waals surface area contributed by atoms with Crippen LogP contribution in [0.4, 0.5) is 0 Å². The highest BCUT2D eigenvalue weighted by Gasteiger charge is 2.20. The molecule has 2 atom stereocenters. The molecule has 0 amide bonds. The molecule has 0 fully saturated rings. The predicted molar refractivity (Wildman–Crippen MR) is 240 cm³/mol. The van der Waals surface area contributed by atoms with E-state index in [4.69, 9.17) is 18.5 Å². The van der Waals surface area contributed by atoms with E-state index in [1.165, 1.54) is 44.9 Å². The summed E-state index contributed by atoms with van der Waals surface area (Å²) >= 11 is 0. The first-order chi connectivity index (χ1) is 27.6. The number of esters is 1. The first-order valence-electron chi connectivity index (χ1n) is 22.0. The van der Waals surface area contributed by atoms with E-state index in [-0.39, 0.29) is 26.2 Å². The van der Waals surface area contributed by atoms with E-state index < -0.39 is 19.9 Å². The van der Waals surface area contributed by atoms with Crippen LogP contribution in [0.3, 0.4) is 0 Å². The van der Waals surface area contributed by atoms with E-state index in [0.29, 0.717) is 24.1 Å². The first-order valence-corrected chi connectivity index (χ1v) is 23.4. The molecular formula is C48H82NO7P. The molecule has 0 aliphatic heterocycles. The van der Waals surface area contributed by atoms with Gasteiger partial charge in [-0.15, -0.1) is 0 Å². The van der Waals surface area contributed by atoms with Crippen LogP contribution in [0.15, 0.2) is 97.2 Å². The smallest absolute Gasteiger partial charge is 0.306 e. The average Bonchev–Trinajstić information content (AvgIpc) is 3.16. The number of allylic oxidation sites excluding steroid dienone is 16. The van der Waals surface area contributed by atoms with Gasteiger partial charge in [0.1, 0.15) is 19.3 Å². The van der Waals surface area contributed by atoms with Crippen LogP contribution in [0, 0.1) is 0 Å². The molecule has 0 saturated carbocycles. The molecule has 0 bridgehead atoms. The van der Waals surface area contributed by atoms with E-state index in [9.17, 15) is 14.3 Å². The fourth-order valence-corrected chi connectivity index (χ4v) is 5.98. The van der Waals surface area contributed by atoms with E-state index in [1.807, 2.05) is 33.3 Å². The zero-order valence-electron chi connectivity index (χ0n) is 36.7. The topological polar surface area (TPSA) is 94.1 Å². The minimum absolute atomic E-state index is 0.00470. The Morgan fingerprint density at radius 3 is 1.53 bits per heavy atom. The van der Waals surface area contributed by atoms with Crippen molar-refractivity contribution in [1.82, 2.24) is 0 Å². The zero-order valence-corrected chi connectivity index (χ0v) is 37.6. The molecule has 0 radical (unpaired) electrons. The summed E-state index contributed by atoms with van der Waals surface area (Å²) < 4.78 is 34.5. The Labute approximate surface area is 349 Å². The second-order valence-electron chi connectivity index (χ2n) is 15.3. The maximum atomic E-state index is 12.6. The Balaban J connectivity index is 4.42. The summed E-state index contributed by atoms with van der Waals surface area (Å²) in [7, 11) is 1.28. The standard InChI is InChI=1S/C48H82NO7P/c1-6-8-10-12-14-16-18-20-22-24-25-26-27-29-31-33-35-37-39-41-48(50)56-47(46-55-57(51,52)54-44-42-49(3,4)5)45-53-43-40-38-36-34-32-30-28-23-21-19-17-15-13-11-9-7-2/h8,10,14-17,20-23,25-26,29,31,35,37,47H,6-7,9,11-13,18-19,24,27-28,30,32-34,36,38-46H2,1-5H3/b10-8-,16-14-,17-15-,22-20-,23-21-,26-25-,31-29-,37-35-. The summed E-state index contributed by atoms with van der Waals surface area (Å²) in [6, 6.07) is 0. The SMILES string of the molecule is CC/C=C\C/C=C\C/C=C\C/C=C\C/C=C\C/C=C\CCC(=O)OC(COCCCCCCCC/C=C\C/C=C\CCCCC)COP(=O)([O-])OCC[N+](C)(C)C. The monoisotopic (exact) mass is 816 g/mol. The molecule has 0 N–H and O–H groups in total. The van der Waals surface area contributed by atoms with Crippen molar-refractivity contribution in [3.05, 3.63) is 97.2 Å². The summed E-state index contributed by atoms with van der Waals surface area (Å²) in [6.07, 6.45) is 54.3. The molecule has 0 rings (SSSR count). The first kappa shape index (κ1) is 54.4. The summed E-state index contributed by atoms with van der Waals surface area (Å²) in [5, 5.41) is 0. The number of hydrogen-bond acceptors (Lipinski definition) is 7. The summed E-state index contributed by atoms with van der Waals surface area (Å²) in [5.41, 5.74) is 0. The Hall–Kier alpha value is -2.58. The van der Waals surface area contributed by atoms with Crippen LogP contribution in [0.1, 0.15) is 142 Å². The number of unbranched alkanes of at least 4 members (excludes halogenated alkanes) is 9. The molecule has 8 nitrogen and oxygen atoms in total. The number of phosphoric ester groups is 1. The minimum atomic E-state index is -4.55. The number of hydrogen-bond donors (Lipinski definition) is 0. The van der Waals surface area contributed by atoms with Gasteiger partial charge in [-0.1, -0.05) is 150 Å². The number of carbonyl (C=O) groups is 1. The highest BCUT2D eigenvalue weighted by Crippen LogP contribution is 2.38. The van der Waals surface area contributed by atoms with Crippen molar-refractivity contribution in [3.8, 4) is 0 Å². The number of nitrogens with zero attached hydrogens (tertiary/aromatic N) is 1. The van der Waals surface area contributed by atoms with Gasteiger partial charge in [0.2, 0.25) is 0 Å². The molecule has 0 heterocycles. The van der Waals surface area contributed by atoms with E-state index in [2.05, 4.69) is 98.9 Å². The van der Waals surface area contributed by atoms with Crippen molar-refractivity contribution < 1.29 is 37.3 Å². The lowest BCUT2D eigenvalue weighted by Gasteiger charge is -2.28. The quantitative estimate of drug-likeness (QED) is 0.0200. The molecule has 0 saturated heterocycles. The number of rotatable bonds is 39. The lowest BCUT2D eigenvalue weighted by atomic mass is 10.1. The maximum absolute atomic E-state index is 12.6. The average molecular weight is 816 g/mol. The normalized spacial score (nSPS) is 14.7. The van der Waals surface area contributed by atoms with Gasteiger partial charge in [0, 0.05) is 13.0 Å². The van der Waals surface area contributed by atoms with Gasteiger partial charge in [-0.3, -0.25) is 9.36 Å². The Kier molecular flexibility index (Phi) is 38.4. The maximum Gasteiger partial charge on any atom is 0.306 e. The van der Waals surface area contributed by atoms with Gasteiger partial charge in [0.05, 0.1) is 34.4 Å². The van der Waals surface area contributed by atoms with Crippen LogP contribution in [-0.4, -0.2) is 70.7 Å². The van der Waals surface area contributed by atoms with Crippen molar-refractivity contribution in [2.24, 2.45) is 0 Å². The van der Waals surface area contributed by atoms with Gasteiger partial charge >= 0.3 is 5.97 Å². The van der Waals surface area contributed by atoms with Crippen LogP contribution in [0.5, 0.6) is 0 Å². The third-order valence-corrected chi connectivity index (χ3v) is 9.60. The van der Waals surface area contributed by atoms with Crippen LogP contribution < -0.4 is 4.89 Å². The summed E-state index contributed by atoms with van der Waals surface area (Å²) in [6.45, 7) is 5.11. The molecule has 2 unspecified atom stereocenters. The largest absolute Gasteiger partial charge is 0.756 e. The third kappa shape index (κ3) is 44.4. The molecular weight excluding hydrogens is 734 g/mol. The summed E-state index contributed by atoms with van der Waals surface area (Å²) in [5.74, 6) is -0.424. The van der Waals surface area contributed by atoms with Gasteiger partial charge in [-0.25, -0.2) is 0 Å². The number of ether oxygens (including phenoxy) is 2. The molecule has 326 valence electrons. The lowest BCUT2D eigenvalue weighted by Crippen LogP contribution is -2.37. The Morgan fingerprint density at radius 2 is 1.02 bits per heavy atom. The van der Waals surface area contributed by atoms with Crippen molar-refractivity contribution >= 4 is 13.8 Å². The minimum Gasteiger partial charge on any atom is -0.756 e. The zero-order chi connectivity index (χ0) is 42.0. The molecule has 57 heavy (non-hydrogen) atoms. The van der Waals surface area contributed by atoms with Crippen LogP contribution in [0.25, 0.3) is 0 Å². The number of quaternary nitrogens is 1. The van der Waals surface area contributed by atoms with Gasteiger partial charge < -0.3 is 27.9 Å². The Morgan fingerprint density at radius 1 is 0.561 bits per heavy atom. The van der Waals surface area contributed by atoms with Crippen LogP contribution >= 0.6 is 7.82 Å². The molecule has 0 aliphatic rings. The van der Waals surface area contributed by atoms with Gasteiger partial charge in [-0.2, -0.15) is 0 Å². The molecule has 9 heteroatoms. The molecule has 0 aromatic rings. The van der Waals surface area contributed by atoms with E-state index in [1.54, 1.807) is 0 Å². The van der Waals surface area contributed by atoms with Crippen molar-refractivity contribution in [1.29, 1.82) is 0 Å². The molecule has 0 aromatic heterocycles. The van der Waals surface area contributed by atoms with Crippen molar-refractivity contribution in [2.75, 3.05) is 54.1 Å². The number of carbonyl (C=O) groups excluding carboxylic acids is 1. The third-order valence-electron chi connectivity index (χ3n) is 8.63. The van der Waals surface area contributed by atoms with Crippen molar-refractivity contribution in [3.63, 3.8) is 0 Å². The van der Waals surface area contributed by atoms with Crippen LogP contribution in [-0.2, 0) is 27.9 Å². The van der Waals surface area contributed by atoms with Crippen LogP contribution in [0.2, 0.25) is 0 Å². The highest BCUT2D eigenvalue weighted by atomic mass is 31.2. The fraction of sp³-hybridized carbons (Fsp3) is 0.646.